The molecule has 5 heteroatoms. The maximum absolute atomic E-state index is 13.5. The first-order valence-corrected chi connectivity index (χ1v) is 7.16. The summed E-state index contributed by atoms with van der Waals surface area (Å²) in [6.07, 6.45) is 0.577. The maximum atomic E-state index is 13.5. The fourth-order valence-corrected chi connectivity index (χ4v) is 2.58. The molecule has 0 amide bonds. The van der Waals surface area contributed by atoms with E-state index in [4.69, 9.17) is 11.6 Å². The molecule has 0 aliphatic rings. The first-order chi connectivity index (χ1) is 10.2. The van der Waals surface area contributed by atoms with E-state index >= 15 is 0 Å². The summed E-state index contributed by atoms with van der Waals surface area (Å²) in [6, 6.07) is 10.8. The highest BCUT2D eigenvalue weighted by molar-refractivity contribution is 6.17. The second-order valence-corrected chi connectivity index (χ2v) is 5.19. The molecule has 0 unspecified atom stereocenters. The Bertz CT molecular complexity index is 783. The predicted molar refractivity (Wildman–Crippen MR) is 79.6 cm³/mol. The van der Waals surface area contributed by atoms with E-state index < -0.39 is 0 Å². The van der Waals surface area contributed by atoms with Gasteiger partial charge in [-0.3, -0.25) is 0 Å². The summed E-state index contributed by atoms with van der Waals surface area (Å²) in [4.78, 5) is 4.48. The van der Waals surface area contributed by atoms with Crippen LogP contribution in [0.1, 0.15) is 11.4 Å². The molecule has 0 N–H and O–H groups in total. The van der Waals surface area contributed by atoms with E-state index in [-0.39, 0.29) is 11.6 Å². The Morgan fingerprint density at radius 2 is 1.86 bits per heavy atom. The summed E-state index contributed by atoms with van der Waals surface area (Å²) in [5.41, 5.74) is 2.21. The molecule has 0 atom stereocenters. The lowest BCUT2D eigenvalue weighted by Crippen LogP contribution is -2.06. The number of hydrogen-bond donors (Lipinski definition) is 0. The van der Waals surface area contributed by atoms with E-state index in [1.807, 2.05) is 10.6 Å². The Balaban J connectivity index is 2.10. The molecule has 0 radical (unpaired) electrons. The van der Waals surface area contributed by atoms with Gasteiger partial charge in [0.2, 0.25) is 0 Å². The number of imidazole rings is 1. The van der Waals surface area contributed by atoms with Crippen molar-refractivity contribution in [2.45, 2.75) is 13.0 Å². The van der Waals surface area contributed by atoms with Gasteiger partial charge in [0.05, 0.1) is 11.0 Å². The molecule has 3 rings (SSSR count). The van der Waals surface area contributed by atoms with Gasteiger partial charge in [-0.25, -0.2) is 13.8 Å². The van der Waals surface area contributed by atoms with Gasteiger partial charge >= 0.3 is 0 Å². The van der Waals surface area contributed by atoms with Crippen LogP contribution in [0.2, 0.25) is 0 Å². The predicted octanol–water partition coefficient (Wildman–Crippen LogP) is 4.14. The van der Waals surface area contributed by atoms with Crippen molar-refractivity contribution < 1.29 is 8.78 Å². The smallest absolute Gasteiger partial charge is 0.125 e. The van der Waals surface area contributed by atoms with E-state index in [1.165, 1.54) is 24.3 Å². The lowest BCUT2D eigenvalue weighted by Gasteiger charge is -2.09. The van der Waals surface area contributed by atoms with Gasteiger partial charge in [-0.05, 0) is 35.9 Å². The monoisotopic (exact) mass is 306 g/mol. The van der Waals surface area contributed by atoms with Crippen molar-refractivity contribution in [1.29, 1.82) is 0 Å². The largest absolute Gasteiger partial charge is 0.323 e. The molecule has 108 valence electrons. The van der Waals surface area contributed by atoms with Gasteiger partial charge < -0.3 is 4.57 Å². The van der Waals surface area contributed by atoms with Crippen molar-refractivity contribution in [1.82, 2.24) is 9.55 Å². The van der Waals surface area contributed by atoms with Crippen molar-refractivity contribution in [3.8, 4) is 0 Å². The zero-order chi connectivity index (χ0) is 14.8. The van der Waals surface area contributed by atoms with Crippen molar-refractivity contribution in [2.24, 2.45) is 0 Å². The Kier molecular flexibility index (Phi) is 3.88. The quantitative estimate of drug-likeness (QED) is 0.662. The zero-order valence-electron chi connectivity index (χ0n) is 11.2. The summed E-state index contributed by atoms with van der Waals surface area (Å²) >= 11 is 5.81. The topological polar surface area (TPSA) is 17.8 Å². The van der Waals surface area contributed by atoms with Crippen LogP contribution in [0, 0.1) is 11.6 Å². The zero-order valence-corrected chi connectivity index (χ0v) is 11.9. The Morgan fingerprint density at radius 3 is 2.62 bits per heavy atom. The van der Waals surface area contributed by atoms with Gasteiger partial charge in [-0.15, -0.1) is 11.6 Å². The van der Waals surface area contributed by atoms with Crippen molar-refractivity contribution in [3.63, 3.8) is 0 Å². The normalized spacial score (nSPS) is 11.2. The van der Waals surface area contributed by atoms with Crippen LogP contribution in [0.3, 0.4) is 0 Å². The van der Waals surface area contributed by atoms with Crippen LogP contribution in [-0.2, 0) is 13.0 Å². The van der Waals surface area contributed by atoms with Crippen LogP contribution >= 0.6 is 11.6 Å². The summed E-state index contributed by atoms with van der Waals surface area (Å²) < 4.78 is 28.7. The Hall–Kier alpha value is -1.94. The molecule has 0 fully saturated rings. The standard InChI is InChI=1S/C16H13ClF2N2/c17-7-6-16-20-14-5-4-13(19)9-15(14)21(16)10-11-2-1-3-12(18)8-11/h1-5,8-9H,6-7,10H2. The SMILES string of the molecule is Fc1cccc(Cn2c(CCCl)nc3ccc(F)cc32)c1. The van der Waals surface area contributed by atoms with E-state index in [0.717, 1.165) is 11.4 Å². The fourth-order valence-electron chi connectivity index (χ4n) is 2.42. The second-order valence-electron chi connectivity index (χ2n) is 4.82. The van der Waals surface area contributed by atoms with Crippen molar-refractivity contribution >= 4 is 22.6 Å². The second kappa shape index (κ2) is 5.82. The number of aromatic nitrogens is 2. The molecule has 2 aromatic carbocycles. The first-order valence-electron chi connectivity index (χ1n) is 6.62. The van der Waals surface area contributed by atoms with Gasteiger partial charge in [0.1, 0.15) is 17.5 Å². The highest BCUT2D eigenvalue weighted by Gasteiger charge is 2.12. The van der Waals surface area contributed by atoms with Crippen molar-refractivity contribution in [3.05, 3.63) is 65.5 Å². The number of hydrogen-bond acceptors (Lipinski definition) is 1. The minimum atomic E-state index is -0.319. The summed E-state index contributed by atoms with van der Waals surface area (Å²) in [7, 11) is 0. The van der Waals surface area contributed by atoms with Crippen LogP contribution in [0.25, 0.3) is 11.0 Å². The summed E-state index contributed by atoms with van der Waals surface area (Å²) in [6.45, 7) is 0.434. The lowest BCUT2D eigenvalue weighted by molar-refractivity contribution is 0.621. The first kappa shape index (κ1) is 14.0. The van der Waals surface area contributed by atoms with Crippen LogP contribution in [-0.4, -0.2) is 15.4 Å². The maximum Gasteiger partial charge on any atom is 0.125 e. The molecular weight excluding hydrogens is 294 g/mol. The number of halogens is 3. The van der Waals surface area contributed by atoms with Gasteiger partial charge in [0, 0.05) is 18.8 Å². The highest BCUT2D eigenvalue weighted by atomic mass is 35.5. The average molecular weight is 307 g/mol. The molecule has 0 saturated carbocycles. The minimum Gasteiger partial charge on any atom is -0.323 e. The van der Waals surface area contributed by atoms with Crippen molar-refractivity contribution in [2.75, 3.05) is 5.88 Å². The minimum absolute atomic E-state index is 0.290. The third-order valence-corrected chi connectivity index (χ3v) is 3.53. The van der Waals surface area contributed by atoms with E-state index in [1.54, 1.807) is 12.1 Å². The molecule has 0 saturated heterocycles. The van der Waals surface area contributed by atoms with Crippen LogP contribution in [0.4, 0.5) is 8.78 Å². The Labute approximate surface area is 126 Å². The molecule has 1 aromatic heterocycles. The molecule has 2 nitrogen and oxygen atoms in total. The number of benzene rings is 2. The molecule has 0 spiro atoms. The molecule has 0 aliphatic carbocycles. The summed E-state index contributed by atoms with van der Waals surface area (Å²) in [5, 5.41) is 0. The lowest BCUT2D eigenvalue weighted by atomic mass is 10.2. The van der Waals surface area contributed by atoms with E-state index in [9.17, 15) is 8.78 Å². The Morgan fingerprint density at radius 1 is 1.05 bits per heavy atom. The average Bonchev–Trinajstić information content (AvgIpc) is 2.77. The van der Waals surface area contributed by atoms with E-state index in [0.29, 0.717) is 29.9 Å². The van der Waals surface area contributed by atoms with Gasteiger partial charge in [-0.1, -0.05) is 12.1 Å². The third-order valence-electron chi connectivity index (χ3n) is 3.34. The van der Waals surface area contributed by atoms with Crippen LogP contribution in [0.5, 0.6) is 0 Å². The van der Waals surface area contributed by atoms with E-state index in [2.05, 4.69) is 4.98 Å². The van der Waals surface area contributed by atoms with Crippen LogP contribution < -0.4 is 0 Å². The molecule has 21 heavy (non-hydrogen) atoms. The molecule has 1 heterocycles. The number of alkyl halides is 1. The van der Waals surface area contributed by atoms with Gasteiger partial charge in [0.25, 0.3) is 0 Å². The summed E-state index contributed by atoms with van der Waals surface area (Å²) in [5.74, 6) is 0.590. The molecule has 0 aliphatic heterocycles. The molecule has 0 bridgehead atoms. The fraction of sp³-hybridized carbons (Fsp3) is 0.188. The van der Waals surface area contributed by atoms with Gasteiger partial charge in [-0.2, -0.15) is 0 Å². The highest BCUT2D eigenvalue weighted by Crippen LogP contribution is 2.20. The number of rotatable bonds is 4. The molecular formula is C16H13ClF2N2. The molecule has 3 aromatic rings. The third kappa shape index (κ3) is 2.90. The van der Waals surface area contributed by atoms with Gasteiger partial charge in [0.15, 0.2) is 0 Å². The van der Waals surface area contributed by atoms with Crippen LogP contribution in [0.15, 0.2) is 42.5 Å². The number of fused-ring (bicyclic) bond motifs is 1. The number of aryl methyl sites for hydroxylation is 1. The number of nitrogens with zero attached hydrogens (tertiary/aromatic N) is 2.